The number of aryl methyl sites for hydroxylation is 1. The summed E-state index contributed by atoms with van der Waals surface area (Å²) < 4.78 is 26.6. The standard InChI is InChI=1S/C25H26F2/c1-2-3-17-6-10-24-20(12-17)8-9-21-13-18(7-11-25(21)24)4-5-19-14-22(26)16-23(27)15-19/h7,11,13-17,20,24H,2-3,6,8-10,12H2,1H3/t17-,20-,24+/m1/s1. The molecule has 0 nitrogen and oxygen atoms in total. The summed E-state index contributed by atoms with van der Waals surface area (Å²) in [5.41, 5.74) is 4.24. The first kappa shape index (κ1) is 18.2. The SMILES string of the molecule is CCC[C@@H]1CC[C@@H]2c3ccc(C#Cc4cc(F)cc(F)c4)cc3CC[C@@H]2C1. The molecule has 2 heteroatoms. The van der Waals surface area contributed by atoms with Crippen molar-refractivity contribution in [2.75, 3.05) is 0 Å². The summed E-state index contributed by atoms with van der Waals surface area (Å²) in [6, 6.07) is 9.92. The van der Waals surface area contributed by atoms with E-state index in [-0.39, 0.29) is 0 Å². The summed E-state index contributed by atoms with van der Waals surface area (Å²) in [4.78, 5) is 0. The van der Waals surface area contributed by atoms with Crippen molar-refractivity contribution in [3.05, 3.63) is 70.3 Å². The molecule has 0 radical (unpaired) electrons. The molecule has 0 unspecified atom stereocenters. The second kappa shape index (κ2) is 7.85. The molecule has 0 aliphatic heterocycles. The van der Waals surface area contributed by atoms with Crippen molar-refractivity contribution >= 4 is 0 Å². The molecular formula is C25H26F2. The third kappa shape index (κ3) is 4.08. The number of halogens is 2. The Hall–Kier alpha value is -2.14. The largest absolute Gasteiger partial charge is 0.207 e. The molecule has 27 heavy (non-hydrogen) atoms. The van der Waals surface area contributed by atoms with E-state index in [9.17, 15) is 8.78 Å². The lowest BCUT2D eigenvalue weighted by Crippen LogP contribution is -2.28. The van der Waals surface area contributed by atoms with E-state index in [0.717, 1.165) is 29.9 Å². The molecule has 3 atom stereocenters. The van der Waals surface area contributed by atoms with Gasteiger partial charge in [-0.1, -0.05) is 37.7 Å². The Balaban J connectivity index is 1.53. The maximum Gasteiger partial charge on any atom is 0.127 e. The van der Waals surface area contributed by atoms with Gasteiger partial charge in [-0.25, -0.2) is 8.78 Å². The van der Waals surface area contributed by atoms with Crippen molar-refractivity contribution in [1.82, 2.24) is 0 Å². The Bertz CT molecular complexity index is 867. The van der Waals surface area contributed by atoms with Crippen LogP contribution in [0.2, 0.25) is 0 Å². The monoisotopic (exact) mass is 364 g/mol. The number of fused-ring (bicyclic) bond motifs is 3. The molecule has 2 aromatic carbocycles. The molecule has 0 spiro atoms. The normalized spacial score (nSPS) is 23.7. The molecule has 2 aliphatic rings. The summed E-state index contributed by atoms with van der Waals surface area (Å²) in [5, 5.41) is 0. The van der Waals surface area contributed by atoms with Crippen molar-refractivity contribution in [2.45, 2.75) is 57.8 Å². The molecule has 0 bridgehead atoms. The Morgan fingerprint density at radius 3 is 2.48 bits per heavy atom. The van der Waals surface area contributed by atoms with Gasteiger partial charge in [0.2, 0.25) is 0 Å². The molecule has 2 aromatic rings. The van der Waals surface area contributed by atoms with Crippen LogP contribution < -0.4 is 0 Å². The lowest BCUT2D eigenvalue weighted by molar-refractivity contribution is 0.201. The van der Waals surface area contributed by atoms with E-state index in [2.05, 4.69) is 37.0 Å². The highest BCUT2D eigenvalue weighted by atomic mass is 19.1. The second-order valence-electron chi connectivity index (χ2n) is 8.19. The van der Waals surface area contributed by atoms with Crippen molar-refractivity contribution < 1.29 is 8.78 Å². The van der Waals surface area contributed by atoms with E-state index < -0.39 is 11.6 Å². The van der Waals surface area contributed by atoms with E-state index in [1.165, 1.54) is 61.8 Å². The number of benzene rings is 2. The number of hydrogen-bond acceptors (Lipinski definition) is 0. The summed E-state index contributed by atoms with van der Waals surface area (Å²) in [6.07, 6.45) is 9.16. The van der Waals surface area contributed by atoms with Crippen LogP contribution in [-0.4, -0.2) is 0 Å². The fourth-order valence-corrected chi connectivity index (χ4v) is 5.13. The van der Waals surface area contributed by atoms with Gasteiger partial charge in [-0.2, -0.15) is 0 Å². The van der Waals surface area contributed by atoms with E-state index in [1.54, 1.807) is 0 Å². The Kier molecular flexibility index (Phi) is 5.30. The smallest absolute Gasteiger partial charge is 0.127 e. The van der Waals surface area contributed by atoms with Crippen LogP contribution in [0.5, 0.6) is 0 Å². The Morgan fingerprint density at radius 1 is 0.926 bits per heavy atom. The molecule has 0 saturated heterocycles. The highest BCUT2D eigenvalue weighted by molar-refractivity contribution is 5.47. The van der Waals surface area contributed by atoms with Gasteiger partial charge in [0.05, 0.1) is 0 Å². The van der Waals surface area contributed by atoms with Crippen molar-refractivity contribution in [2.24, 2.45) is 11.8 Å². The van der Waals surface area contributed by atoms with Crippen LogP contribution in [0, 0.1) is 35.3 Å². The van der Waals surface area contributed by atoms with Gasteiger partial charge in [-0.15, -0.1) is 0 Å². The van der Waals surface area contributed by atoms with Gasteiger partial charge in [0, 0.05) is 17.2 Å². The molecule has 0 N–H and O–H groups in total. The lowest BCUT2D eigenvalue weighted by Gasteiger charge is -2.40. The predicted octanol–water partition coefficient (Wildman–Crippen LogP) is 6.61. The van der Waals surface area contributed by atoms with Gasteiger partial charge in [0.1, 0.15) is 11.6 Å². The van der Waals surface area contributed by atoms with Crippen molar-refractivity contribution in [3.63, 3.8) is 0 Å². The zero-order chi connectivity index (χ0) is 18.8. The summed E-state index contributed by atoms with van der Waals surface area (Å²) in [7, 11) is 0. The number of hydrogen-bond donors (Lipinski definition) is 0. The molecule has 1 fully saturated rings. The molecular weight excluding hydrogens is 338 g/mol. The maximum atomic E-state index is 13.3. The Morgan fingerprint density at radius 2 is 1.70 bits per heavy atom. The third-order valence-electron chi connectivity index (χ3n) is 6.33. The van der Waals surface area contributed by atoms with Crippen LogP contribution >= 0.6 is 0 Å². The predicted molar refractivity (Wildman–Crippen MR) is 106 cm³/mol. The zero-order valence-corrected chi connectivity index (χ0v) is 15.9. The molecule has 0 aromatic heterocycles. The first-order chi connectivity index (χ1) is 13.1. The summed E-state index contributed by atoms with van der Waals surface area (Å²) >= 11 is 0. The van der Waals surface area contributed by atoms with E-state index in [4.69, 9.17) is 0 Å². The van der Waals surface area contributed by atoms with Crippen molar-refractivity contribution in [1.29, 1.82) is 0 Å². The van der Waals surface area contributed by atoms with Gasteiger partial charge in [0.15, 0.2) is 0 Å². The number of rotatable bonds is 2. The zero-order valence-electron chi connectivity index (χ0n) is 15.9. The fraction of sp³-hybridized carbons (Fsp3) is 0.440. The second-order valence-corrected chi connectivity index (χ2v) is 8.19. The molecule has 140 valence electrons. The average molecular weight is 364 g/mol. The van der Waals surface area contributed by atoms with Crippen LogP contribution in [0.3, 0.4) is 0 Å². The van der Waals surface area contributed by atoms with E-state index >= 15 is 0 Å². The molecule has 2 aliphatic carbocycles. The van der Waals surface area contributed by atoms with Crippen LogP contribution in [-0.2, 0) is 6.42 Å². The van der Waals surface area contributed by atoms with E-state index in [0.29, 0.717) is 11.5 Å². The van der Waals surface area contributed by atoms with Gasteiger partial charge < -0.3 is 0 Å². The van der Waals surface area contributed by atoms with Crippen LogP contribution in [0.25, 0.3) is 0 Å². The maximum absolute atomic E-state index is 13.3. The van der Waals surface area contributed by atoms with Crippen LogP contribution in [0.1, 0.15) is 73.6 Å². The highest BCUT2D eigenvalue weighted by Gasteiger charge is 2.34. The first-order valence-electron chi connectivity index (χ1n) is 10.2. The minimum absolute atomic E-state index is 0.375. The van der Waals surface area contributed by atoms with Gasteiger partial charge >= 0.3 is 0 Å². The minimum Gasteiger partial charge on any atom is -0.207 e. The molecule has 4 rings (SSSR count). The van der Waals surface area contributed by atoms with Crippen LogP contribution in [0.4, 0.5) is 8.78 Å². The van der Waals surface area contributed by atoms with Crippen molar-refractivity contribution in [3.8, 4) is 11.8 Å². The highest BCUT2D eigenvalue weighted by Crippen LogP contribution is 2.47. The molecule has 1 saturated carbocycles. The quantitative estimate of drug-likeness (QED) is 0.526. The van der Waals surface area contributed by atoms with E-state index in [1.807, 2.05) is 0 Å². The fourth-order valence-electron chi connectivity index (χ4n) is 5.13. The minimum atomic E-state index is -0.588. The lowest BCUT2D eigenvalue weighted by atomic mass is 9.64. The molecule has 0 heterocycles. The molecule has 0 amide bonds. The average Bonchev–Trinajstić information content (AvgIpc) is 2.65. The van der Waals surface area contributed by atoms with Gasteiger partial charge in [0.25, 0.3) is 0 Å². The topological polar surface area (TPSA) is 0 Å². The van der Waals surface area contributed by atoms with Crippen LogP contribution in [0.15, 0.2) is 36.4 Å². The third-order valence-corrected chi connectivity index (χ3v) is 6.33. The van der Waals surface area contributed by atoms with Gasteiger partial charge in [-0.05, 0) is 85.3 Å². The Labute approximate surface area is 161 Å². The summed E-state index contributed by atoms with van der Waals surface area (Å²) in [6.45, 7) is 2.29. The van der Waals surface area contributed by atoms with Gasteiger partial charge in [-0.3, -0.25) is 0 Å². The first-order valence-corrected chi connectivity index (χ1v) is 10.2. The summed E-state index contributed by atoms with van der Waals surface area (Å²) in [5.74, 6) is 7.27.